The highest BCUT2D eigenvalue weighted by atomic mass is 16.5. The maximum absolute atomic E-state index is 11.6. The van der Waals surface area contributed by atoms with Gasteiger partial charge in [0.2, 0.25) is 0 Å². The second-order valence-corrected chi connectivity index (χ2v) is 4.19. The van der Waals surface area contributed by atoms with Gasteiger partial charge in [0, 0.05) is 12.5 Å². The highest BCUT2D eigenvalue weighted by Crippen LogP contribution is 2.20. The van der Waals surface area contributed by atoms with Gasteiger partial charge in [-0.25, -0.2) is 0 Å². The monoisotopic (exact) mass is 230 g/mol. The lowest BCUT2D eigenvalue weighted by molar-refractivity contribution is -0.127. The summed E-state index contributed by atoms with van der Waals surface area (Å²) in [5.74, 6) is 0.510. The summed E-state index contributed by atoms with van der Waals surface area (Å²) in [6.07, 6.45) is 1.65. The lowest BCUT2D eigenvalue weighted by atomic mass is 10.1. The van der Waals surface area contributed by atoms with Gasteiger partial charge in [0.15, 0.2) is 11.9 Å². The molecule has 0 amide bonds. The van der Waals surface area contributed by atoms with E-state index in [1.165, 1.54) is 13.0 Å². The van der Waals surface area contributed by atoms with Gasteiger partial charge in [-0.3, -0.25) is 9.59 Å². The van der Waals surface area contributed by atoms with Crippen molar-refractivity contribution in [3.8, 4) is 0 Å². The third-order valence-corrected chi connectivity index (χ3v) is 2.61. The molecule has 1 aliphatic heterocycles. The molecule has 1 unspecified atom stereocenters. The molecular formula is C14H14O3. The Hall–Kier alpha value is -1.90. The average molecular weight is 230 g/mol. The Bertz CT molecular complexity index is 460. The summed E-state index contributed by atoms with van der Waals surface area (Å²) in [5, 5.41) is 0. The maximum Gasteiger partial charge on any atom is 0.199 e. The fraction of sp³-hybridized carbons (Fsp3) is 0.286. The zero-order valence-corrected chi connectivity index (χ0v) is 9.68. The van der Waals surface area contributed by atoms with Crippen molar-refractivity contribution < 1.29 is 14.3 Å². The molecule has 0 bridgehead atoms. The first-order chi connectivity index (χ1) is 8.15. The van der Waals surface area contributed by atoms with E-state index in [1.807, 2.05) is 30.3 Å². The van der Waals surface area contributed by atoms with Gasteiger partial charge in [0.25, 0.3) is 0 Å². The normalized spacial score (nSPS) is 18.8. The summed E-state index contributed by atoms with van der Waals surface area (Å²) in [4.78, 5) is 22.5. The van der Waals surface area contributed by atoms with Gasteiger partial charge in [-0.1, -0.05) is 30.3 Å². The molecule has 0 N–H and O–H groups in total. The predicted octanol–water partition coefficient (Wildman–Crippen LogP) is 2.06. The molecule has 1 aliphatic rings. The number of allylic oxidation sites excluding steroid dienone is 1. The third-order valence-electron chi connectivity index (χ3n) is 2.61. The van der Waals surface area contributed by atoms with E-state index in [0.29, 0.717) is 12.2 Å². The minimum atomic E-state index is -0.605. The molecular weight excluding hydrogens is 216 g/mol. The second kappa shape index (κ2) is 4.95. The molecule has 17 heavy (non-hydrogen) atoms. The minimum absolute atomic E-state index is 0.0299. The predicted molar refractivity (Wildman–Crippen MR) is 63.4 cm³/mol. The van der Waals surface area contributed by atoms with Gasteiger partial charge in [0.05, 0.1) is 6.42 Å². The Morgan fingerprint density at radius 1 is 1.29 bits per heavy atom. The molecule has 1 aromatic rings. The highest BCUT2D eigenvalue weighted by molar-refractivity contribution is 5.98. The summed E-state index contributed by atoms with van der Waals surface area (Å²) in [6.45, 7) is 1.46. The zero-order valence-electron chi connectivity index (χ0n) is 9.68. The molecule has 0 saturated carbocycles. The molecule has 0 fully saturated rings. The average Bonchev–Trinajstić information content (AvgIpc) is 2.59. The van der Waals surface area contributed by atoms with Crippen molar-refractivity contribution in [2.75, 3.05) is 0 Å². The van der Waals surface area contributed by atoms with Gasteiger partial charge in [-0.15, -0.1) is 0 Å². The maximum atomic E-state index is 11.6. The molecule has 2 rings (SSSR count). The highest BCUT2D eigenvalue weighted by Gasteiger charge is 2.27. The van der Waals surface area contributed by atoms with Crippen LogP contribution in [0.15, 0.2) is 42.2 Å². The Balaban J connectivity index is 1.99. The van der Waals surface area contributed by atoms with Crippen LogP contribution in [0, 0.1) is 0 Å². The van der Waals surface area contributed by atoms with Crippen LogP contribution in [0.2, 0.25) is 0 Å². The fourth-order valence-electron chi connectivity index (χ4n) is 1.82. The van der Waals surface area contributed by atoms with Crippen molar-refractivity contribution >= 4 is 11.6 Å². The number of carbonyl (C=O) groups is 2. The molecule has 3 nitrogen and oxygen atoms in total. The number of ether oxygens (including phenoxy) is 1. The summed E-state index contributed by atoms with van der Waals surface area (Å²) in [5.41, 5.74) is 1.09. The number of Topliss-reactive ketones (excluding diaryl/α,β-unsaturated/α-hetero) is 1. The van der Waals surface area contributed by atoms with E-state index in [4.69, 9.17) is 4.74 Å². The van der Waals surface area contributed by atoms with Crippen molar-refractivity contribution in [1.29, 1.82) is 0 Å². The number of ketones is 2. The Morgan fingerprint density at radius 3 is 2.65 bits per heavy atom. The van der Waals surface area contributed by atoms with Crippen LogP contribution < -0.4 is 0 Å². The summed E-state index contributed by atoms with van der Waals surface area (Å²) < 4.78 is 5.48. The Labute approximate surface area is 100 Å². The van der Waals surface area contributed by atoms with Gasteiger partial charge in [0.1, 0.15) is 11.5 Å². The van der Waals surface area contributed by atoms with Crippen molar-refractivity contribution in [3.63, 3.8) is 0 Å². The molecule has 88 valence electrons. The van der Waals surface area contributed by atoms with E-state index in [2.05, 4.69) is 0 Å². The molecule has 1 heterocycles. The SMILES string of the molecule is CC(=O)CC1OC(Cc2ccccc2)=CC1=O. The Morgan fingerprint density at radius 2 is 2.00 bits per heavy atom. The van der Waals surface area contributed by atoms with Crippen LogP contribution in [-0.2, 0) is 20.7 Å². The smallest absolute Gasteiger partial charge is 0.199 e. The molecule has 1 atom stereocenters. The van der Waals surface area contributed by atoms with Gasteiger partial charge < -0.3 is 4.74 Å². The van der Waals surface area contributed by atoms with Crippen LogP contribution in [0.5, 0.6) is 0 Å². The Kier molecular flexibility index (Phi) is 3.38. The standard InChI is InChI=1S/C14H14O3/c1-10(15)7-14-13(16)9-12(17-14)8-11-5-3-2-4-6-11/h2-6,9,14H,7-8H2,1H3. The van der Waals surface area contributed by atoms with Crippen LogP contribution >= 0.6 is 0 Å². The number of hydrogen-bond donors (Lipinski definition) is 0. The zero-order chi connectivity index (χ0) is 12.3. The molecule has 0 radical (unpaired) electrons. The fourth-order valence-corrected chi connectivity index (χ4v) is 1.82. The molecule has 0 aromatic heterocycles. The number of benzene rings is 1. The molecule has 0 aliphatic carbocycles. The van der Waals surface area contributed by atoms with E-state index in [-0.39, 0.29) is 18.0 Å². The van der Waals surface area contributed by atoms with Gasteiger partial charge in [-0.2, -0.15) is 0 Å². The van der Waals surface area contributed by atoms with Crippen molar-refractivity contribution in [1.82, 2.24) is 0 Å². The van der Waals surface area contributed by atoms with Crippen molar-refractivity contribution in [2.24, 2.45) is 0 Å². The van der Waals surface area contributed by atoms with Crippen LogP contribution in [0.3, 0.4) is 0 Å². The lowest BCUT2D eigenvalue weighted by Gasteiger charge is -2.10. The second-order valence-electron chi connectivity index (χ2n) is 4.19. The summed E-state index contributed by atoms with van der Waals surface area (Å²) in [6, 6.07) is 9.79. The molecule has 0 spiro atoms. The molecule has 0 saturated heterocycles. The third kappa shape index (κ3) is 3.03. The number of hydrogen-bond acceptors (Lipinski definition) is 3. The van der Waals surface area contributed by atoms with E-state index in [9.17, 15) is 9.59 Å². The van der Waals surface area contributed by atoms with E-state index in [0.717, 1.165) is 5.56 Å². The van der Waals surface area contributed by atoms with Crippen LogP contribution in [0.1, 0.15) is 18.9 Å². The largest absolute Gasteiger partial charge is 0.486 e. The lowest BCUT2D eigenvalue weighted by Crippen LogP contribution is -2.19. The number of carbonyl (C=O) groups excluding carboxylic acids is 2. The van der Waals surface area contributed by atoms with Gasteiger partial charge in [-0.05, 0) is 12.5 Å². The van der Waals surface area contributed by atoms with E-state index < -0.39 is 6.10 Å². The first-order valence-corrected chi connectivity index (χ1v) is 5.59. The van der Waals surface area contributed by atoms with Crippen LogP contribution in [0.4, 0.5) is 0 Å². The summed E-state index contributed by atoms with van der Waals surface area (Å²) >= 11 is 0. The number of rotatable bonds is 4. The van der Waals surface area contributed by atoms with E-state index >= 15 is 0 Å². The van der Waals surface area contributed by atoms with Crippen LogP contribution in [0.25, 0.3) is 0 Å². The van der Waals surface area contributed by atoms with Crippen LogP contribution in [-0.4, -0.2) is 17.7 Å². The quantitative estimate of drug-likeness (QED) is 0.795. The topological polar surface area (TPSA) is 43.4 Å². The van der Waals surface area contributed by atoms with Crippen molar-refractivity contribution in [2.45, 2.75) is 25.9 Å². The van der Waals surface area contributed by atoms with E-state index in [1.54, 1.807) is 0 Å². The molecule has 3 heteroatoms. The van der Waals surface area contributed by atoms with Gasteiger partial charge >= 0.3 is 0 Å². The first kappa shape index (κ1) is 11.6. The first-order valence-electron chi connectivity index (χ1n) is 5.59. The summed E-state index contributed by atoms with van der Waals surface area (Å²) in [7, 11) is 0. The van der Waals surface area contributed by atoms with Crippen molar-refractivity contribution in [3.05, 3.63) is 47.7 Å². The molecule has 1 aromatic carbocycles. The minimum Gasteiger partial charge on any atom is -0.486 e.